The van der Waals surface area contributed by atoms with Crippen LogP contribution in [0.5, 0.6) is 10.9 Å². The van der Waals surface area contributed by atoms with Crippen LogP contribution in [-0.4, -0.2) is 42.0 Å². The molecule has 0 saturated carbocycles. The summed E-state index contributed by atoms with van der Waals surface area (Å²) in [6, 6.07) is 15.0. The molecule has 3 aromatic rings. The lowest BCUT2D eigenvalue weighted by Crippen LogP contribution is -2.48. The standard InChI is InChI=1S/C20H18ClN3O2S/c21-16-2-1-3-17(14-16)23-9-11-24(12-10-23)19(25)15-4-6-18(7-5-15)26-20-22-8-13-27-20/h1-8,13-14H,9-12H2. The Labute approximate surface area is 166 Å². The summed E-state index contributed by atoms with van der Waals surface area (Å²) < 4.78 is 5.64. The third kappa shape index (κ3) is 4.23. The van der Waals surface area contributed by atoms with Crippen LogP contribution >= 0.6 is 22.9 Å². The van der Waals surface area contributed by atoms with Crippen LogP contribution in [0.4, 0.5) is 5.69 Å². The van der Waals surface area contributed by atoms with Gasteiger partial charge in [-0.2, -0.15) is 0 Å². The van der Waals surface area contributed by atoms with Crippen LogP contribution in [-0.2, 0) is 0 Å². The number of benzene rings is 2. The minimum atomic E-state index is 0.0431. The molecule has 0 atom stereocenters. The van der Waals surface area contributed by atoms with Gasteiger partial charge in [0.2, 0.25) is 0 Å². The molecular formula is C20H18ClN3O2S. The molecule has 0 radical (unpaired) electrons. The van der Waals surface area contributed by atoms with Crippen LogP contribution in [0.25, 0.3) is 0 Å². The van der Waals surface area contributed by atoms with E-state index in [0.717, 1.165) is 23.8 Å². The number of piperazine rings is 1. The fourth-order valence-corrected chi connectivity index (χ4v) is 3.74. The van der Waals surface area contributed by atoms with Crippen molar-refractivity contribution in [3.63, 3.8) is 0 Å². The molecule has 2 aromatic carbocycles. The lowest BCUT2D eigenvalue weighted by molar-refractivity contribution is 0.0747. The zero-order valence-electron chi connectivity index (χ0n) is 14.5. The normalized spacial score (nSPS) is 14.3. The monoisotopic (exact) mass is 399 g/mol. The molecule has 0 bridgehead atoms. The number of carbonyl (C=O) groups excluding carboxylic acids is 1. The summed E-state index contributed by atoms with van der Waals surface area (Å²) in [6.45, 7) is 2.94. The molecule has 4 rings (SSSR count). The van der Waals surface area contributed by atoms with Gasteiger partial charge in [0.1, 0.15) is 5.75 Å². The molecule has 1 fully saturated rings. The van der Waals surface area contributed by atoms with Gasteiger partial charge in [-0.05, 0) is 42.5 Å². The van der Waals surface area contributed by atoms with E-state index in [9.17, 15) is 4.79 Å². The Hall–Kier alpha value is -2.57. The maximum absolute atomic E-state index is 12.8. The van der Waals surface area contributed by atoms with Crippen LogP contribution < -0.4 is 9.64 Å². The largest absolute Gasteiger partial charge is 0.431 e. The molecule has 1 amide bonds. The number of carbonyl (C=O) groups is 1. The second-order valence-corrected chi connectivity index (χ2v) is 7.48. The predicted molar refractivity (Wildman–Crippen MR) is 108 cm³/mol. The van der Waals surface area contributed by atoms with E-state index in [2.05, 4.69) is 9.88 Å². The number of halogens is 1. The molecule has 1 aliphatic heterocycles. The Morgan fingerprint density at radius 3 is 2.52 bits per heavy atom. The summed E-state index contributed by atoms with van der Waals surface area (Å²) in [5.74, 6) is 0.716. The average molecular weight is 400 g/mol. The van der Waals surface area contributed by atoms with Crippen LogP contribution in [0.1, 0.15) is 10.4 Å². The third-order valence-electron chi connectivity index (χ3n) is 4.46. The van der Waals surface area contributed by atoms with Crippen LogP contribution in [0, 0.1) is 0 Å². The highest BCUT2D eigenvalue weighted by molar-refractivity contribution is 7.11. The van der Waals surface area contributed by atoms with Crippen LogP contribution in [0.3, 0.4) is 0 Å². The highest BCUT2D eigenvalue weighted by atomic mass is 35.5. The van der Waals surface area contributed by atoms with Crippen molar-refractivity contribution < 1.29 is 9.53 Å². The Bertz CT molecular complexity index is 907. The van der Waals surface area contributed by atoms with Crippen molar-refractivity contribution in [2.75, 3.05) is 31.1 Å². The SMILES string of the molecule is O=C(c1ccc(Oc2nccs2)cc1)N1CCN(c2cccc(Cl)c2)CC1. The van der Waals surface area contributed by atoms with E-state index in [1.54, 1.807) is 30.5 Å². The van der Waals surface area contributed by atoms with Gasteiger partial charge in [0.05, 0.1) is 0 Å². The minimum Gasteiger partial charge on any atom is -0.431 e. The highest BCUT2D eigenvalue weighted by Gasteiger charge is 2.22. The maximum Gasteiger partial charge on any atom is 0.278 e. The van der Waals surface area contributed by atoms with Crippen molar-refractivity contribution in [2.24, 2.45) is 0 Å². The first-order valence-electron chi connectivity index (χ1n) is 8.66. The number of nitrogens with zero attached hydrogens (tertiary/aromatic N) is 3. The van der Waals surface area contributed by atoms with Gasteiger partial charge in [0.25, 0.3) is 11.1 Å². The molecule has 138 valence electrons. The van der Waals surface area contributed by atoms with Gasteiger partial charge in [-0.1, -0.05) is 29.0 Å². The number of anilines is 1. The molecule has 0 unspecified atom stereocenters. The zero-order valence-corrected chi connectivity index (χ0v) is 16.1. The van der Waals surface area contributed by atoms with E-state index < -0.39 is 0 Å². The highest BCUT2D eigenvalue weighted by Crippen LogP contribution is 2.24. The lowest BCUT2D eigenvalue weighted by Gasteiger charge is -2.36. The van der Waals surface area contributed by atoms with Crippen LogP contribution in [0.2, 0.25) is 5.02 Å². The first kappa shape index (κ1) is 17.8. The third-order valence-corrected chi connectivity index (χ3v) is 5.34. The Balaban J connectivity index is 1.36. The molecule has 2 heterocycles. The molecule has 5 nitrogen and oxygen atoms in total. The summed E-state index contributed by atoms with van der Waals surface area (Å²) in [6.07, 6.45) is 1.70. The number of hydrogen-bond acceptors (Lipinski definition) is 5. The topological polar surface area (TPSA) is 45.7 Å². The summed E-state index contributed by atoms with van der Waals surface area (Å²) in [7, 11) is 0. The van der Waals surface area contributed by atoms with Crippen molar-refractivity contribution in [3.8, 4) is 10.9 Å². The van der Waals surface area contributed by atoms with Crippen molar-refractivity contribution in [3.05, 3.63) is 70.7 Å². The molecular weight excluding hydrogens is 382 g/mol. The second-order valence-electron chi connectivity index (χ2n) is 6.18. The minimum absolute atomic E-state index is 0.0431. The maximum atomic E-state index is 12.8. The lowest BCUT2D eigenvalue weighted by atomic mass is 10.1. The first-order valence-corrected chi connectivity index (χ1v) is 9.92. The Kier molecular flexibility index (Phi) is 5.27. The van der Waals surface area contributed by atoms with E-state index in [1.807, 2.05) is 34.5 Å². The van der Waals surface area contributed by atoms with Gasteiger partial charge in [-0.25, -0.2) is 4.98 Å². The van der Waals surface area contributed by atoms with E-state index in [0.29, 0.717) is 29.6 Å². The average Bonchev–Trinajstić information content (AvgIpc) is 3.21. The van der Waals surface area contributed by atoms with Gasteiger partial charge in [0.15, 0.2) is 0 Å². The fraction of sp³-hybridized carbons (Fsp3) is 0.200. The van der Waals surface area contributed by atoms with Crippen LogP contribution in [0.15, 0.2) is 60.1 Å². The van der Waals surface area contributed by atoms with Gasteiger partial charge in [-0.15, -0.1) is 0 Å². The van der Waals surface area contributed by atoms with Crippen molar-refractivity contribution in [1.29, 1.82) is 0 Å². The number of aromatic nitrogens is 1. The van der Waals surface area contributed by atoms with Gasteiger partial charge in [0, 0.05) is 54.0 Å². The van der Waals surface area contributed by atoms with E-state index in [-0.39, 0.29) is 5.91 Å². The quantitative estimate of drug-likeness (QED) is 0.645. The predicted octanol–water partition coefficient (Wildman–Crippen LogP) is 4.55. The van der Waals surface area contributed by atoms with Crippen molar-refractivity contribution >= 4 is 34.5 Å². The Morgan fingerprint density at radius 1 is 1.07 bits per heavy atom. The van der Waals surface area contributed by atoms with Gasteiger partial charge in [-0.3, -0.25) is 4.79 Å². The molecule has 27 heavy (non-hydrogen) atoms. The summed E-state index contributed by atoms with van der Waals surface area (Å²) in [5.41, 5.74) is 1.76. The number of rotatable bonds is 4. The number of hydrogen-bond donors (Lipinski definition) is 0. The summed E-state index contributed by atoms with van der Waals surface area (Å²) >= 11 is 7.50. The zero-order chi connectivity index (χ0) is 18.6. The van der Waals surface area contributed by atoms with Gasteiger partial charge < -0.3 is 14.5 Å². The fourth-order valence-electron chi connectivity index (χ4n) is 3.05. The second kappa shape index (κ2) is 7.98. The number of ether oxygens (including phenoxy) is 1. The van der Waals surface area contributed by atoms with Gasteiger partial charge >= 0.3 is 0 Å². The smallest absolute Gasteiger partial charge is 0.278 e. The molecule has 0 aliphatic carbocycles. The molecule has 1 saturated heterocycles. The molecule has 0 spiro atoms. The number of amides is 1. The molecule has 1 aromatic heterocycles. The van der Waals surface area contributed by atoms with E-state index >= 15 is 0 Å². The summed E-state index contributed by atoms with van der Waals surface area (Å²) in [4.78, 5) is 21.0. The van der Waals surface area contributed by atoms with Crippen molar-refractivity contribution in [2.45, 2.75) is 0 Å². The molecule has 7 heteroatoms. The van der Waals surface area contributed by atoms with Crippen molar-refractivity contribution in [1.82, 2.24) is 9.88 Å². The first-order chi connectivity index (χ1) is 13.2. The Morgan fingerprint density at radius 2 is 1.85 bits per heavy atom. The molecule has 1 aliphatic rings. The summed E-state index contributed by atoms with van der Waals surface area (Å²) in [5, 5.41) is 3.17. The van der Waals surface area contributed by atoms with E-state index in [1.165, 1.54) is 11.3 Å². The van der Waals surface area contributed by atoms with E-state index in [4.69, 9.17) is 16.3 Å². The molecule has 0 N–H and O–H groups in total. The number of thiazole rings is 1.